The fraction of sp³-hybridized carbons (Fsp3) is 0.0476. The van der Waals surface area contributed by atoms with Gasteiger partial charge in [0.05, 0.1) is 11.0 Å². The van der Waals surface area contributed by atoms with Crippen LogP contribution in [0.3, 0.4) is 0 Å². The van der Waals surface area contributed by atoms with E-state index >= 15 is 0 Å². The molecule has 3 aromatic carbocycles. The van der Waals surface area contributed by atoms with Gasteiger partial charge in [0.1, 0.15) is 5.82 Å². The molecule has 0 radical (unpaired) electrons. The lowest BCUT2D eigenvalue weighted by atomic mass is 10.0. The van der Waals surface area contributed by atoms with E-state index in [1.54, 1.807) is 12.1 Å². The van der Waals surface area contributed by atoms with Gasteiger partial charge >= 0.3 is 0 Å². The Morgan fingerprint density at radius 3 is 2.46 bits per heavy atom. The van der Waals surface area contributed by atoms with E-state index in [0.717, 1.165) is 28.0 Å². The van der Waals surface area contributed by atoms with E-state index in [4.69, 9.17) is 23.2 Å². The third-order valence-electron chi connectivity index (χ3n) is 4.16. The van der Waals surface area contributed by atoms with Crippen LogP contribution in [0, 0.1) is 0 Å². The molecule has 0 saturated heterocycles. The predicted molar refractivity (Wildman–Crippen MR) is 106 cm³/mol. The number of Topliss-reactive ketones (excluding diaryl/α,β-unsaturated/α-hetero) is 1. The molecule has 1 heterocycles. The van der Waals surface area contributed by atoms with E-state index in [0.29, 0.717) is 22.0 Å². The van der Waals surface area contributed by atoms with Crippen LogP contribution < -0.4 is 0 Å². The summed E-state index contributed by atoms with van der Waals surface area (Å²) in [6, 6.07) is 20.3. The highest BCUT2D eigenvalue weighted by Gasteiger charge is 2.11. The Labute approximate surface area is 160 Å². The number of carbonyl (C=O) groups excluding carboxylic acids is 1. The summed E-state index contributed by atoms with van der Waals surface area (Å²) in [6.07, 6.45) is 0.307. The minimum absolute atomic E-state index is 0.0353. The summed E-state index contributed by atoms with van der Waals surface area (Å²) >= 11 is 12.0. The van der Waals surface area contributed by atoms with Gasteiger partial charge in [-0.25, -0.2) is 4.98 Å². The molecule has 128 valence electrons. The van der Waals surface area contributed by atoms with Gasteiger partial charge in [0.25, 0.3) is 0 Å². The lowest BCUT2D eigenvalue weighted by Crippen LogP contribution is -2.03. The molecule has 1 N–H and O–H groups in total. The predicted octanol–water partition coefficient (Wildman–Crippen LogP) is 5.96. The number of rotatable bonds is 4. The molecule has 0 aliphatic heterocycles. The molecule has 0 aliphatic carbocycles. The second-order valence-corrected chi connectivity index (χ2v) is 6.93. The third-order valence-corrected chi connectivity index (χ3v) is 4.63. The second-order valence-electron chi connectivity index (χ2n) is 6.06. The van der Waals surface area contributed by atoms with Crippen molar-refractivity contribution < 1.29 is 4.79 Å². The minimum atomic E-state index is 0.0353. The van der Waals surface area contributed by atoms with Gasteiger partial charge in [0, 0.05) is 27.6 Å². The molecule has 0 amide bonds. The number of hydrogen-bond donors (Lipinski definition) is 1. The number of benzene rings is 3. The van der Waals surface area contributed by atoms with Crippen molar-refractivity contribution in [2.75, 3.05) is 0 Å². The number of nitrogens with zero attached hydrogens (tertiary/aromatic N) is 1. The SMILES string of the molecule is O=C(Cc1cccc(Cl)c1)c1ccc2nc(-c3cccc(Cl)c3)[nH]c2c1. The van der Waals surface area contributed by atoms with Crippen molar-refractivity contribution in [2.24, 2.45) is 0 Å². The number of imidazole rings is 1. The van der Waals surface area contributed by atoms with Crippen LogP contribution in [0.25, 0.3) is 22.4 Å². The molecule has 0 bridgehead atoms. The first-order valence-electron chi connectivity index (χ1n) is 8.12. The Bertz CT molecular complexity index is 1120. The normalized spacial score (nSPS) is 11.0. The van der Waals surface area contributed by atoms with Crippen LogP contribution in [0.1, 0.15) is 15.9 Å². The Hall–Kier alpha value is -2.62. The average Bonchev–Trinajstić information content (AvgIpc) is 3.05. The Morgan fingerprint density at radius 1 is 0.923 bits per heavy atom. The van der Waals surface area contributed by atoms with Crippen molar-refractivity contribution in [3.8, 4) is 11.4 Å². The molecule has 26 heavy (non-hydrogen) atoms. The molecule has 0 unspecified atom stereocenters. The average molecular weight is 381 g/mol. The van der Waals surface area contributed by atoms with E-state index < -0.39 is 0 Å². The van der Waals surface area contributed by atoms with Crippen molar-refractivity contribution in [2.45, 2.75) is 6.42 Å². The topological polar surface area (TPSA) is 45.8 Å². The maximum absolute atomic E-state index is 12.6. The number of carbonyl (C=O) groups is 1. The smallest absolute Gasteiger partial charge is 0.167 e. The van der Waals surface area contributed by atoms with E-state index in [2.05, 4.69) is 9.97 Å². The molecule has 0 aliphatic rings. The van der Waals surface area contributed by atoms with Crippen LogP contribution in [0.4, 0.5) is 0 Å². The molecule has 5 heteroatoms. The fourth-order valence-corrected chi connectivity index (χ4v) is 3.29. The summed E-state index contributed by atoms with van der Waals surface area (Å²) < 4.78 is 0. The molecule has 4 aromatic rings. The number of nitrogens with one attached hydrogen (secondary N) is 1. The van der Waals surface area contributed by atoms with Crippen molar-refractivity contribution in [3.63, 3.8) is 0 Å². The number of H-pyrrole nitrogens is 1. The first kappa shape index (κ1) is 16.8. The summed E-state index contributed by atoms with van der Waals surface area (Å²) in [7, 11) is 0. The fourth-order valence-electron chi connectivity index (χ4n) is 2.89. The summed E-state index contributed by atoms with van der Waals surface area (Å²) in [4.78, 5) is 20.4. The van der Waals surface area contributed by atoms with Gasteiger partial charge in [-0.1, -0.05) is 47.5 Å². The Kier molecular flexibility index (Phi) is 4.49. The summed E-state index contributed by atoms with van der Waals surface area (Å²) in [5, 5.41) is 1.28. The van der Waals surface area contributed by atoms with Crippen molar-refractivity contribution in [1.82, 2.24) is 9.97 Å². The van der Waals surface area contributed by atoms with E-state index in [1.165, 1.54) is 0 Å². The number of halogens is 2. The number of hydrogen-bond acceptors (Lipinski definition) is 2. The van der Waals surface area contributed by atoms with E-state index in [1.807, 2.05) is 54.6 Å². The van der Waals surface area contributed by atoms with Gasteiger partial charge in [0.2, 0.25) is 0 Å². The van der Waals surface area contributed by atoms with Gasteiger partial charge in [0.15, 0.2) is 5.78 Å². The molecule has 0 saturated carbocycles. The maximum Gasteiger partial charge on any atom is 0.167 e. The lowest BCUT2D eigenvalue weighted by molar-refractivity contribution is 0.0993. The standard InChI is InChI=1S/C21H14Cl2N2O/c22-16-5-1-3-13(9-16)10-20(26)14-7-8-18-19(12-14)25-21(24-18)15-4-2-6-17(23)11-15/h1-9,11-12H,10H2,(H,24,25). The van der Waals surface area contributed by atoms with Crippen molar-refractivity contribution in [1.29, 1.82) is 0 Å². The molecular formula is C21H14Cl2N2O. The Morgan fingerprint density at radius 2 is 1.69 bits per heavy atom. The molecule has 0 atom stereocenters. The van der Waals surface area contributed by atoms with Gasteiger partial charge in [-0.15, -0.1) is 0 Å². The zero-order valence-electron chi connectivity index (χ0n) is 13.7. The summed E-state index contributed by atoms with van der Waals surface area (Å²) in [5.41, 5.74) is 4.06. The van der Waals surface area contributed by atoms with E-state index in [-0.39, 0.29) is 5.78 Å². The second kappa shape index (κ2) is 6.94. The van der Waals surface area contributed by atoms with Crippen LogP contribution in [0.5, 0.6) is 0 Å². The van der Waals surface area contributed by atoms with Crippen LogP contribution >= 0.6 is 23.2 Å². The quantitative estimate of drug-likeness (QED) is 0.443. The molecule has 3 nitrogen and oxygen atoms in total. The largest absolute Gasteiger partial charge is 0.338 e. The highest BCUT2D eigenvalue weighted by Crippen LogP contribution is 2.24. The van der Waals surface area contributed by atoms with Crippen molar-refractivity contribution >= 4 is 40.0 Å². The van der Waals surface area contributed by atoms with Crippen molar-refractivity contribution in [3.05, 3.63) is 87.9 Å². The first-order chi connectivity index (χ1) is 12.6. The molecule has 0 spiro atoms. The van der Waals surface area contributed by atoms with E-state index in [9.17, 15) is 4.79 Å². The first-order valence-corrected chi connectivity index (χ1v) is 8.87. The molecule has 1 aromatic heterocycles. The molecule has 4 rings (SSSR count). The number of aromatic amines is 1. The highest BCUT2D eigenvalue weighted by atomic mass is 35.5. The number of fused-ring (bicyclic) bond motifs is 1. The van der Waals surface area contributed by atoms with Crippen LogP contribution in [0.15, 0.2) is 66.7 Å². The van der Waals surface area contributed by atoms with Gasteiger partial charge < -0.3 is 4.98 Å². The zero-order valence-corrected chi connectivity index (χ0v) is 15.2. The van der Waals surface area contributed by atoms with Crippen LogP contribution in [0.2, 0.25) is 10.0 Å². The minimum Gasteiger partial charge on any atom is -0.338 e. The van der Waals surface area contributed by atoms with Gasteiger partial charge in [-0.2, -0.15) is 0 Å². The number of aromatic nitrogens is 2. The van der Waals surface area contributed by atoms with Gasteiger partial charge in [-0.05, 0) is 48.0 Å². The third kappa shape index (κ3) is 3.50. The van der Waals surface area contributed by atoms with Gasteiger partial charge in [-0.3, -0.25) is 4.79 Å². The Balaban J connectivity index is 1.64. The van der Waals surface area contributed by atoms with Crippen LogP contribution in [-0.4, -0.2) is 15.8 Å². The highest BCUT2D eigenvalue weighted by molar-refractivity contribution is 6.31. The summed E-state index contributed by atoms with van der Waals surface area (Å²) in [5.74, 6) is 0.759. The monoisotopic (exact) mass is 380 g/mol. The molecular weight excluding hydrogens is 367 g/mol. The summed E-state index contributed by atoms with van der Waals surface area (Å²) in [6.45, 7) is 0. The zero-order chi connectivity index (χ0) is 18.1. The van der Waals surface area contributed by atoms with Crippen LogP contribution in [-0.2, 0) is 6.42 Å². The lowest BCUT2D eigenvalue weighted by Gasteiger charge is -2.02. The number of ketones is 1. The molecule has 0 fully saturated rings. The maximum atomic E-state index is 12.6.